The Morgan fingerprint density at radius 3 is 2.14 bits per heavy atom. The van der Waals surface area contributed by atoms with Crippen LogP contribution in [0.1, 0.15) is 59.4 Å². The predicted octanol–water partition coefficient (Wildman–Crippen LogP) is 2.98. The number of alkyl carbamates (subject to hydrolysis) is 1. The summed E-state index contributed by atoms with van der Waals surface area (Å²) in [5.41, 5.74) is 0.157. The monoisotopic (exact) mass is 489 g/mol. The number of ether oxygens (including phenoxy) is 1. The summed E-state index contributed by atoms with van der Waals surface area (Å²) in [6.45, 7) is 9.95. The molecule has 0 spiro atoms. The molecule has 1 aliphatic heterocycles. The Labute approximate surface area is 207 Å². The minimum atomic E-state index is -1.08. The van der Waals surface area contributed by atoms with Gasteiger partial charge in [-0.2, -0.15) is 0 Å². The molecule has 0 saturated carbocycles. The summed E-state index contributed by atoms with van der Waals surface area (Å²) in [5.74, 6) is -1.79. The van der Waals surface area contributed by atoms with E-state index in [0.29, 0.717) is 32.4 Å². The quantitative estimate of drug-likeness (QED) is 0.490. The molecule has 0 unspecified atom stereocenters. The van der Waals surface area contributed by atoms with Crippen molar-refractivity contribution in [3.8, 4) is 0 Å². The van der Waals surface area contributed by atoms with Gasteiger partial charge in [0.1, 0.15) is 17.7 Å². The van der Waals surface area contributed by atoms with E-state index in [1.54, 1.807) is 25.7 Å². The largest absolute Gasteiger partial charge is 0.480 e. The number of nitrogens with zero attached hydrogens (tertiary/aromatic N) is 1. The zero-order chi connectivity index (χ0) is 26.2. The van der Waals surface area contributed by atoms with Gasteiger partial charge in [0.15, 0.2) is 0 Å². The smallest absolute Gasteiger partial charge is 0.408 e. The number of piperidine rings is 1. The highest BCUT2D eigenvalue weighted by atomic mass is 16.6. The van der Waals surface area contributed by atoms with Crippen LogP contribution in [0, 0.1) is 11.8 Å². The third kappa shape index (κ3) is 9.58. The number of carboxylic acids is 1. The van der Waals surface area contributed by atoms with Crippen LogP contribution in [-0.2, 0) is 25.5 Å². The highest BCUT2D eigenvalue weighted by Crippen LogP contribution is 2.20. The molecule has 1 fully saturated rings. The number of aliphatic carboxylic acids is 1. The molecule has 1 aromatic carbocycles. The van der Waals surface area contributed by atoms with Gasteiger partial charge in [-0.15, -0.1) is 0 Å². The van der Waals surface area contributed by atoms with Crippen LogP contribution in [0.15, 0.2) is 30.3 Å². The molecule has 1 aromatic rings. The summed E-state index contributed by atoms with van der Waals surface area (Å²) in [4.78, 5) is 51.6. The van der Waals surface area contributed by atoms with E-state index in [0.717, 1.165) is 5.56 Å². The Hall–Kier alpha value is -3.10. The van der Waals surface area contributed by atoms with Gasteiger partial charge < -0.3 is 25.4 Å². The maximum atomic E-state index is 13.2. The number of likely N-dealkylation sites (tertiary alicyclic amines) is 1. The second-order valence-electron chi connectivity index (χ2n) is 10.5. The molecule has 1 saturated heterocycles. The molecule has 0 aromatic heterocycles. The van der Waals surface area contributed by atoms with Crippen molar-refractivity contribution in [2.45, 2.75) is 78.0 Å². The fraction of sp³-hybridized carbons (Fsp3) is 0.615. The van der Waals surface area contributed by atoms with Crippen molar-refractivity contribution >= 4 is 23.9 Å². The summed E-state index contributed by atoms with van der Waals surface area (Å²) < 4.78 is 5.31. The van der Waals surface area contributed by atoms with Gasteiger partial charge in [-0.25, -0.2) is 9.59 Å². The van der Waals surface area contributed by atoms with Crippen molar-refractivity contribution in [2.75, 3.05) is 13.1 Å². The summed E-state index contributed by atoms with van der Waals surface area (Å²) >= 11 is 0. The first-order chi connectivity index (χ1) is 16.4. The average molecular weight is 490 g/mol. The second-order valence-corrected chi connectivity index (χ2v) is 10.5. The van der Waals surface area contributed by atoms with Crippen molar-refractivity contribution in [1.29, 1.82) is 0 Å². The molecule has 9 heteroatoms. The Bertz CT molecular complexity index is 873. The van der Waals surface area contributed by atoms with Gasteiger partial charge in [-0.05, 0) is 51.5 Å². The van der Waals surface area contributed by atoms with Crippen molar-refractivity contribution in [3.05, 3.63) is 35.9 Å². The zero-order valence-corrected chi connectivity index (χ0v) is 21.4. The molecule has 2 atom stereocenters. The standard InChI is InChI=1S/C26H39N3O6/c1-17(2)15-20(28-25(34)35-26(3,4)5)23(31)29-13-11-19(12-14-29)22(30)27-21(24(32)33)16-18-9-7-6-8-10-18/h6-10,17,19-21H,11-16H2,1-5H3,(H,27,30)(H,28,34)(H,32,33)/t20-,21-/m1/s1. The number of benzene rings is 1. The summed E-state index contributed by atoms with van der Waals surface area (Å²) in [6.07, 6.45) is 0.889. The highest BCUT2D eigenvalue weighted by molar-refractivity contribution is 5.87. The van der Waals surface area contributed by atoms with Crippen molar-refractivity contribution in [2.24, 2.45) is 11.8 Å². The topological polar surface area (TPSA) is 125 Å². The van der Waals surface area contributed by atoms with E-state index in [4.69, 9.17) is 4.74 Å². The van der Waals surface area contributed by atoms with Crippen LogP contribution in [-0.4, -0.2) is 64.7 Å². The maximum absolute atomic E-state index is 13.2. The van der Waals surface area contributed by atoms with Crippen LogP contribution >= 0.6 is 0 Å². The van der Waals surface area contributed by atoms with Crippen LogP contribution in [0.3, 0.4) is 0 Å². The molecule has 0 bridgehead atoms. The molecule has 9 nitrogen and oxygen atoms in total. The Balaban J connectivity index is 1.93. The molecular weight excluding hydrogens is 450 g/mol. The van der Waals surface area contributed by atoms with Gasteiger partial charge in [0.2, 0.25) is 11.8 Å². The van der Waals surface area contributed by atoms with E-state index in [2.05, 4.69) is 10.6 Å². The lowest BCUT2D eigenvalue weighted by atomic mass is 9.94. The van der Waals surface area contributed by atoms with Gasteiger partial charge in [-0.3, -0.25) is 9.59 Å². The van der Waals surface area contributed by atoms with Gasteiger partial charge in [0, 0.05) is 25.4 Å². The molecular formula is C26H39N3O6. The molecule has 3 N–H and O–H groups in total. The fourth-order valence-corrected chi connectivity index (χ4v) is 4.06. The normalized spacial score (nSPS) is 16.3. The van der Waals surface area contributed by atoms with E-state index >= 15 is 0 Å². The molecule has 0 radical (unpaired) electrons. The number of carbonyl (C=O) groups is 4. The van der Waals surface area contributed by atoms with E-state index in [9.17, 15) is 24.3 Å². The zero-order valence-electron chi connectivity index (χ0n) is 21.4. The van der Waals surface area contributed by atoms with Gasteiger partial charge in [0.05, 0.1) is 0 Å². The number of nitrogens with one attached hydrogen (secondary N) is 2. The molecule has 1 heterocycles. The van der Waals surface area contributed by atoms with E-state index in [-0.39, 0.29) is 30.1 Å². The predicted molar refractivity (Wildman–Crippen MR) is 132 cm³/mol. The average Bonchev–Trinajstić information content (AvgIpc) is 2.76. The van der Waals surface area contributed by atoms with Crippen molar-refractivity contribution in [3.63, 3.8) is 0 Å². The Morgan fingerprint density at radius 1 is 1.03 bits per heavy atom. The SMILES string of the molecule is CC(C)C[C@@H](NC(=O)OC(C)(C)C)C(=O)N1CCC(C(=O)N[C@H](Cc2ccccc2)C(=O)O)CC1. The Kier molecular flexibility index (Phi) is 10.1. The van der Waals surface area contributed by atoms with Crippen LogP contribution in [0.4, 0.5) is 4.79 Å². The van der Waals surface area contributed by atoms with Crippen LogP contribution < -0.4 is 10.6 Å². The van der Waals surface area contributed by atoms with E-state index < -0.39 is 29.7 Å². The fourth-order valence-electron chi connectivity index (χ4n) is 4.06. The minimum Gasteiger partial charge on any atom is -0.480 e. The first kappa shape index (κ1) is 28.1. The maximum Gasteiger partial charge on any atom is 0.408 e. The van der Waals surface area contributed by atoms with Crippen LogP contribution in [0.2, 0.25) is 0 Å². The minimum absolute atomic E-state index is 0.180. The summed E-state index contributed by atoms with van der Waals surface area (Å²) in [5, 5.41) is 14.9. The van der Waals surface area contributed by atoms with Gasteiger partial charge in [-0.1, -0.05) is 44.2 Å². The molecule has 194 valence electrons. The molecule has 35 heavy (non-hydrogen) atoms. The molecule has 1 aliphatic rings. The number of amides is 3. The summed E-state index contributed by atoms with van der Waals surface area (Å²) in [7, 11) is 0. The number of hydrogen-bond acceptors (Lipinski definition) is 5. The van der Waals surface area contributed by atoms with Crippen LogP contribution in [0.25, 0.3) is 0 Å². The molecule has 2 rings (SSSR count). The number of carboxylic acid groups (broad SMARTS) is 1. The molecule has 3 amide bonds. The van der Waals surface area contributed by atoms with E-state index in [1.807, 2.05) is 44.2 Å². The van der Waals surface area contributed by atoms with Gasteiger partial charge >= 0.3 is 12.1 Å². The number of hydrogen-bond donors (Lipinski definition) is 3. The number of carbonyl (C=O) groups excluding carboxylic acids is 3. The highest BCUT2D eigenvalue weighted by Gasteiger charge is 2.34. The lowest BCUT2D eigenvalue weighted by Crippen LogP contribution is -2.53. The first-order valence-electron chi connectivity index (χ1n) is 12.2. The lowest BCUT2D eigenvalue weighted by Gasteiger charge is -2.34. The first-order valence-corrected chi connectivity index (χ1v) is 12.2. The summed E-state index contributed by atoms with van der Waals surface area (Å²) in [6, 6.07) is 7.42. The third-order valence-electron chi connectivity index (χ3n) is 5.77. The number of rotatable bonds is 9. The third-order valence-corrected chi connectivity index (χ3v) is 5.77. The lowest BCUT2D eigenvalue weighted by molar-refractivity contribution is -0.143. The van der Waals surface area contributed by atoms with Gasteiger partial charge in [0.25, 0.3) is 0 Å². The van der Waals surface area contributed by atoms with E-state index in [1.165, 1.54) is 0 Å². The second kappa shape index (κ2) is 12.6. The van der Waals surface area contributed by atoms with Crippen molar-refractivity contribution in [1.82, 2.24) is 15.5 Å². The van der Waals surface area contributed by atoms with Crippen LogP contribution in [0.5, 0.6) is 0 Å². The van der Waals surface area contributed by atoms with Crippen molar-refractivity contribution < 1.29 is 29.0 Å². The molecule has 0 aliphatic carbocycles. The Morgan fingerprint density at radius 2 is 1.63 bits per heavy atom.